The van der Waals surface area contributed by atoms with Gasteiger partial charge in [-0.3, -0.25) is 9.59 Å². The van der Waals surface area contributed by atoms with Crippen LogP contribution < -0.4 is 15.4 Å². The Bertz CT molecular complexity index is 1220. The summed E-state index contributed by atoms with van der Waals surface area (Å²) in [5.74, 6) is -2.14. The molecule has 0 saturated heterocycles. The number of benzene rings is 3. The number of rotatable bonds is 7. The van der Waals surface area contributed by atoms with Crippen LogP contribution in [0.1, 0.15) is 28.4 Å². The number of hydrogen-bond donors (Lipinski definition) is 2. The van der Waals surface area contributed by atoms with Crippen molar-refractivity contribution in [1.82, 2.24) is 5.32 Å². The highest BCUT2D eigenvalue weighted by molar-refractivity contribution is 6.31. The molecule has 35 heavy (non-hydrogen) atoms. The highest BCUT2D eigenvalue weighted by Gasteiger charge is 2.30. The fourth-order valence-electron chi connectivity index (χ4n) is 3.18. The number of nitrogens with one attached hydrogen (secondary N) is 2. The molecule has 0 bridgehead atoms. The van der Waals surface area contributed by atoms with E-state index in [1.165, 1.54) is 25.1 Å². The van der Waals surface area contributed by atoms with E-state index in [1.807, 2.05) is 6.07 Å². The average Bonchev–Trinajstić information content (AvgIpc) is 2.80. The van der Waals surface area contributed by atoms with E-state index in [0.29, 0.717) is 0 Å². The molecule has 182 valence electrons. The van der Waals surface area contributed by atoms with Gasteiger partial charge in [-0.1, -0.05) is 41.9 Å². The second-order valence-electron chi connectivity index (χ2n) is 7.53. The van der Waals surface area contributed by atoms with Gasteiger partial charge >= 0.3 is 12.1 Å². The number of hydrogen-bond acceptors (Lipinski definition) is 4. The lowest BCUT2D eigenvalue weighted by Gasteiger charge is -2.18. The zero-order chi connectivity index (χ0) is 25.6. The average molecular weight is 505 g/mol. The Labute approximate surface area is 204 Å². The summed E-state index contributed by atoms with van der Waals surface area (Å²) in [4.78, 5) is 37.4. The molecule has 3 rings (SSSR count). The maximum atomic E-state index is 12.9. The van der Waals surface area contributed by atoms with Crippen LogP contribution in [0, 0.1) is 0 Å². The van der Waals surface area contributed by atoms with Crippen molar-refractivity contribution < 1.29 is 32.3 Å². The van der Waals surface area contributed by atoms with Crippen LogP contribution in [0.2, 0.25) is 5.02 Å². The van der Waals surface area contributed by atoms with Crippen LogP contribution in [0.4, 0.5) is 18.9 Å². The molecule has 0 fully saturated rings. The molecule has 1 atom stereocenters. The van der Waals surface area contributed by atoms with E-state index in [0.717, 1.165) is 29.8 Å². The molecule has 0 spiro atoms. The highest BCUT2D eigenvalue weighted by Crippen LogP contribution is 2.30. The lowest BCUT2D eigenvalue weighted by atomic mass is 10.1. The molecule has 0 radical (unpaired) electrons. The quantitative estimate of drug-likeness (QED) is 0.339. The summed E-state index contributed by atoms with van der Waals surface area (Å²) in [5, 5.41) is 5.16. The van der Waals surface area contributed by atoms with Gasteiger partial charge in [0.05, 0.1) is 11.1 Å². The van der Waals surface area contributed by atoms with Crippen molar-refractivity contribution in [2.45, 2.75) is 25.6 Å². The van der Waals surface area contributed by atoms with Gasteiger partial charge in [0, 0.05) is 24.1 Å². The Hall–Kier alpha value is -3.85. The van der Waals surface area contributed by atoms with E-state index in [1.54, 1.807) is 24.3 Å². The molecular formula is C25H20ClF3N2O4. The zero-order valence-corrected chi connectivity index (χ0v) is 19.1. The van der Waals surface area contributed by atoms with Gasteiger partial charge in [-0.15, -0.1) is 0 Å². The van der Waals surface area contributed by atoms with Gasteiger partial charge in [0.1, 0.15) is 11.8 Å². The number of carbonyl (C=O) groups is 3. The monoisotopic (exact) mass is 504 g/mol. The van der Waals surface area contributed by atoms with Crippen molar-refractivity contribution in [2.75, 3.05) is 5.32 Å². The molecule has 6 nitrogen and oxygen atoms in total. The molecule has 0 aliphatic heterocycles. The van der Waals surface area contributed by atoms with Gasteiger partial charge in [-0.2, -0.15) is 13.2 Å². The van der Waals surface area contributed by atoms with Gasteiger partial charge in [-0.05, 0) is 48.0 Å². The molecule has 0 aliphatic rings. The summed E-state index contributed by atoms with van der Waals surface area (Å²) >= 11 is 6.01. The first-order valence-electron chi connectivity index (χ1n) is 10.3. The van der Waals surface area contributed by atoms with Crippen LogP contribution in [0.25, 0.3) is 0 Å². The lowest BCUT2D eigenvalue weighted by molar-refractivity contribution is -0.139. The van der Waals surface area contributed by atoms with E-state index in [9.17, 15) is 27.6 Å². The SMILES string of the molecule is CC(=O)N[C@@H](Cc1ccccc1)C(=O)Oc1ccc(Cl)cc1C(=O)Nc1ccc(C(F)(F)F)cc1. The minimum Gasteiger partial charge on any atom is -0.424 e. The molecule has 2 amide bonds. The fourth-order valence-corrected chi connectivity index (χ4v) is 3.35. The minimum atomic E-state index is -4.51. The molecule has 0 unspecified atom stereocenters. The predicted octanol–water partition coefficient (Wildman–Crippen LogP) is 5.26. The molecule has 10 heteroatoms. The van der Waals surface area contributed by atoms with Crippen LogP contribution >= 0.6 is 11.6 Å². The fraction of sp³-hybridized carbons (Fsp3) is 0.160. The number of alkyl halides is 3. The normalized spacial score (nSPS) is 11.9. The topological polar surface area (TPSA) is 84.5 Å². The van der Waals surface area contributed by atoms with Crippen LogP contribution in [-0.4, -0.2) is 23.8 Å². The third-order valence-corrected chi connectivity index (χ3v) is 5.05. The van der Waals surface area contributed by atoms with E-state index < -0.39 is 35.6 Å². The Morgan fingerprint density at radius 3 is 2.23 bits per heavy atom. The van der Waals surface area contributed by atoms with Crippen LogP contribution in [-0.2, 0) is 22.2 Å². The molecule has 0 aliphatic carbocycles. The second kappa shape index (κ2) is 11.1. The van der Waals surface area contributed by atoms with Crippen molar-refractivity contribution in [1.29, 1.82) is 0 Å². The Balaban J connectivity index is 1.80. The first-order valence-corrected chi connectivity index (χ1v) is 10.7. The Morgan fingerprint density at radius 1 is 0.971 bits per heavy atom. The summed E-state index contributed by atoms with van der Waals surface area (Å²) in [5.41, 5.74) is -0.109. The van der Waals surface area contributed by atoms with E-state index >= 15 is 0 Å². The van der Waals surface area contributed by atoms with Crippen molar-refractivity contribution in [3.8, 4) is 5.75 Å². The van der Waals surface area contributed by atoms with Crippen molar-refractivity contribution in [3.63, 3.8) is 0 Å². The van der Waals surface area contributed by atoms with Crippen molar-refractivity contribution in [2.24, 2.45) is 0 Å². The van der Waals surface area contributed by atoms with Crippen molar-refractivity contribution in [3.05, 3.63) is 94.5 Å². The number of amides is 2. The molecular weight excluding hydrogens is 485 g/mol. The van der Waals surface area contributed by atoms with Crippen molar-refractivity contribution >= 4 is 35.1 Å². The number of halogens is 4. The molecule has 0 heterocycles. The van der Waals surface area contributed by atoms with Gasteiger partial charge in [-0.25, -0.2) is 4.79 Å². The number of anilines is 1. The third-order valence-electron chi connectivity index (χ3n) is 4.81. The third kappa shape index (κ3) is 7.31. The van der Waals surface area contributed by atoms with Gasteiger partial charge in [0.15, 0.2) is 0 Å². The van der Waals surface area contributed by atoms with E-state index in [2.05, 4.69) is 10.6 Å². The van der Waals surface area contributed by atoms with E-state index in [4.69, 9.17) is 16.3 Å². The second-order valence-corrected chi connectivity index (χ2v) is 7.97. The first-order chi connectivity index (χ1) is 16.5. The van der Waals surface area contributed by atoms with Gasteiger partial charge in [0.2, 0.25) is 5.91 Å². The van der Waals surface area contributed by atoms with Crippen LogP contribution in [0.15, 0.2) is 72.8 Å². The number of ether oxygens (including phenoxy) is 1. The zero-order valence-electron chi connectivity index (χ0n) is 18.4. The molecule has 0 aromatic heterocycles. The largest absolute Gasteiger partial charge is 0.424 e. The minimum absolute atomic E-state index is 0.0976. The number of esters is 1. The lowest BCUT2D eigenvalue weighted by Crippen LogP contribution is -2.43. The molecule has 0 saturated carbocycles. The van der Waals surface area contributed by atoms with Crippen LogP contribution in [0.5, 0.6) is 5.75 Å². The summed E-state index contributed by atoms with van der Waals surface area (Å²) in [6.45, 7) is 1.26. The van der Waals surface area contributed by atoms with Gasteiger partial charge < -0.3 is 15.4 Å². The van der Waals surface area contributed by atoms with E-state index in [-0.39, 0.29) is 28.4 Å². The maximum absolute atomic E-state index is 12.9. The van der Waals surface area contributed by atoms with Gasteiger partial charge in [0.25, 0.3) is 5.91 Å². The number of carbonyl (C=O) groups excluding carboxylic acids is 3. The smallest absolute Gasteiger partial charge is 0.416 e. The Kier molecular flexibility index (Phi) is 8.14. The molecule has 2 N–H and O–H groups in total. The highest BCUT2D eigenvalue weighted by atomic mass is 35.5. The molecule has 3 aromatic rings. The molecule has 3 aromatic carbocycles. The predicted molar refractivity (Wildman–Crippen MR) is 124 cm³/mol. The summed E-state index contributed by atoms with van der Waals surface area (Å²) in [6.07, 6.45) is -4.36. The van der Waals surface area contributed by atoms with Crippen LogP contribution in [0.3, 0.4) is 0 Å². The summed E-state index contributed by atoms with van der Waals surface area (Å²) < 4.78 is 43.7. The Morgan fingerprint density at radius 2 is 1.63 bits per heavy atom. The first kappa shape index (κ1) is 25.8. The summed E-state index contributed by atoms with van der Waals surface area (Å²) in [7, 11) is 0. The summed E-state index contributed by atoms with van der Waals surface area (Å²) in [6, 6.07) is 15.8. The standard InChI is InChI=1S/C25H20ClF3N2O4/c1-15(32)30-21(13-16-5-3-2-4-6-16)24(34)35-22-12-9-18(26)14-20(22)23(33)31-19-10-7-17(8-11-19)25(27,28)29/h2-12,14,21H,13H2,1H3,(H,30,32)(H,31,33)/t21-/m0/s1. The maximum Gasteiger partial charge on any atom is 0.416 e.